The zero-order chi connectivity index (χ0) is 14.4. The van der Waals surface area contributed by atoms with Crippen molar-refractivity contribution in [3.63, 3.8) is 0 Å². The molecule has 1 amide bonds. The van der Waals surface area contributed by atoms with Crippen molar-refractivity contribution in [2.45, 2.75) is 32.2 Å². The first-order chi connectivity index (χ1) is 9.76. The highest BCUT2D eigenvalue weighted by atomic mass is 16.5. The predicted molar refractivity (Wildman–Crippen MR) is 77.1 cm³/mol. The molecule has 0 aromatic carbocycles. The fraction of sp³-hybridized carbons (Fsp3) is 0.600. The molecule has 1 aliphatic carbocycles. The summed E-state index contributed by atoms with van der Waals surface area (Å²) in [4.78, 5) is 16.4. The number of hydrogen-bond donors (Lipinski definition) is 2. The number of methoxy groups -OCH3 is 1. The van der Waals surface area contributed by atoms with Crippen LogP contribution in [0.2, 0.25) is 0 Å². The minimum atomic E-state index is 0.0522. The second-order valence-corrected chi connectivity index (χ2v) is 5.28. The number of nitrogens with one attached hydrogen (secondary N) is 1. The Morgan fingerprint density at radius 2 is 2.30 bits per heavy atom. The number of rotatable bonds is 5. The zero-order valence-electron chi connectivity index (χ0n) is 12.0. The van der Waals surface area contributed by atoms with Crippen molar-refractivity contribution in [2.75, 3.05) is 13.7 Å². The summed E-state index contributed by atoms with van der Waals surface area (Å²) in [6.07, 6.45) is 5.98. The molecule has 110 valence electrons. The van der Waals surface area contributed by atoms with Crippen LogP contribution >= 0.6 is 0 Å². The Hall–Kier alpha value is -1.62. The lowest BCUT2D eigenvalue weighted by Gasteiger charge is -2.29. The average molecular weight is 277 g/mol. The summed E-state index contributed by atoms with van der Waals surface area (Å²) in [5.74, 6) is 1.04. The summed E-state index contributed by atoms with van der Waals surface area (Å²) >= 11 is 0. The van der Waals surface area contributed by atoms with Gasteiger partial charge in [-0.2, -0.15) is 0 Å². The second kappa shape index (κ2) is 7.24. The number of nitrogens with two attached hydrogens (primary N) is 1. The van der Waals surface area contributed by atoms with Gasteiger partial charge in [-0.15, -0.1) is 0 Å². The number of nitrogens with zero attached hydrogens (tertiary/aromatic N) is 1. The normalized spacial score (nSPS) is 22.3. The standard InChI is InChI=1S/C15H23N3O2/c1-20-15-12(6-4-8-17-15)10-18-14(19)13-7-3-2-5-11(13)9-16/h4,6,8,11,13H,2-3,5,7,9-10,16H2,1H3,(H,18,19). The molecule has 3 N–H and O–H groups in total. The summed E-state index contributed by atoms with van der Waals surface area (Å²) in [6.45, 7) is 1.04. The van der Waals surface area contributed by atoms with E-state index >= 15 is 0 Å². The summed E-state index contributed by atoms with van der Waals surface area (Å²) in [7, 11) is 1.58. The van der Waals surface area contributed by atoms with Gasteiger partial charge in [0.25, 0.3) is 0 Å². The van der Waals surface area contributed by atoms with Crippen LogP contribution in [0.1, 0.15) is 31.2 Å². The highest BCUT2D eigenvalue weighted by molar-refractivity contribution is 5.79. The molecule has 1 heterocycles. The number of pyridine rings is 1. The largest absolute Gasteiger partial charge is 0.481 e. The number of carbonyl (C=O) groups is 1. The van der Waals surface area contributed by atoms with Gasteiger partial charge in [-0.05, 0) is 31.4 Å². The Balaban J connectivity index is 1.94. The second-order valence-electron chi connectivity index (χ2n) is 5.28. The highest BCUT2D eigenvalue weighted by Crippen LogP contribution is 2.29. The van der Waals surface area contributed by atoms with Crippen molar-refractivity contribution >= 4 is 5.91 Å². The lowest BCUT2D eigenvalue weighted by molar-refractivity contribution is -0.127. The molecule has 5 nitrogen and oxygen atoms in total. The van der Waals surface area contributed by atoms with Gasteiger partial charge in [0, 0.05) is 24.2 Å². The number of carbonyl (C=O) groups excluding carboxylic acids is 1. The van der Waals surface area contributed by atoms with Crippen molar-refractivity contribution in [1.29, 1.82) is 0 Å². The Labute approximate surface area is 119 Å². The van der Waals surface area contributed by atoms with Crippen LogP contribution in [0.25, 0.3) is 0 Å². The number of hydrogen-bond acceptors (Lipinski definition) is 4. The first-order valence-electron chi connectivity index (χ1n) is 7.22. The van der Waals surface area contributed by atoms with Gasteiger partial charge in [-0.1, -0.05) is 18.9 Å². The van der Waals surface area contributed by atoms with Crippen LogP contribution in [-0.2, 0) is 11.3 Å². The van der Waals surface area contributed by atoms with E-state index in [2.05, 4.69) is 10.3 Å². The van der Waals surface area contributed by atoms with E-state index in [0.717, 1.165) is 24.8 Å². The molecule has 1 saturated carbocycles. The lowest BCUT2D eigenvalue weighted by Crippen LogP contribution is -2.39. The molecule has 2 atom stereocenters. The van der Waals surface area contributed by atoms with Crippen molar-refractivity contribution in [3.8, 4) is 5.88 Å². The van der Waals surface area contributed by atoms with Crippen LogP contribution in [-0.4, -0.2) is 24.5 Å². The Kier molecular flexibility index (Phi) is 5.35. The average Bonchev–Trinajstić information content (AvgIpc) is 2.52. The van der Waals surface area contributed by atoms with Gasteiger partial charge >= 0.3 is 0 Å². The van der Waals surface area contributed by atoms with Crippen LogP contribution in [0.3, 0.4) is 0 Å². The molecule has 1 aromatic rings. The van der Waals surface area contributed by atoms with E-state index in [1.807, 2.05) is 12.1 Å². The molecule has 1 fully saturated rings. The van der Waals surface area contributed by atoms with Gasteiger partial charge in [0.2, 0.25) is 11.8 Å². The maximum Gasteiger partial charge on any atom is 0.223 e. The molecular weight excluding hydrogens is 254 g/mol. The molecule has 20 heavy (non-hydrogen) atoms. The Morgan fingerprint density at radius 3 is 3.05 bits per heavy atom. The molecule has 0 spiro atoms. The van der Waals surface area contributed by atoms with Gasteiger partial charge in [0.05, 0.1) is 7.11 Å². The number of aromatic nitrogens is 1. The van der Waals surface area contributed by atoms with Gasteiger partial charge in [-0.25, -0.2) is 4.98 Å². The SMILES string of the molecule is COc1ncccc1CNC(=O)C1CCCCC1CN. The van der Waals surface area contributed by atoms with Crippen LogP contribution in [0.5, 0.6) is 5.88 Å². The molecule has 0 radical (unpaired) electrons. The first-order valence-corrected chi connectivity index (χ1v) is 7.22. The molecular formula is C15H23N3O2. The fourth-order valence-electron chi connectivity index (χ4n) is 2.89. The van der Waals surface area contributed by atoms with Crippen molar-refractivity contribution in [1.82, 2.24) is 10.3 Å². The zero-order valence-corrected chi connectivity index (χ0v) is 12.0. The highest BCUT2D eigenvalue weighted by Gasteiger charge is 2.29. The van der Waals surface area contributed by atoms with E-state index in [0.29, 0.717) is 24.9 Å². The van der Waals surface area contributed by atoms with Crippen molar-refractivity contribution in [3.05, 3.63) is 23.9 Å². The van der Waals surface area contributed by atoms with Crippen molar-refractivity contribution < 1.29 is 9.53 Å². The Bertz CT molecular complexity index is 450. The van der Waals surface area contributed by atoms with Gasteiger partial charge in [0.1, 0.15) is 0 Å². The van der Waals surface area contributed by atoms with Crippen LogP contribution < -0.4 is 15.8 Å². The summed E-state index contributed by atoms with van der Waals surface area (Å²) < 4.78 is 5.18. The smallest absolute Gasteiger partial charge is 0.223 e. The summed E-state index contributed by atoms with van der Waals surface area (Å²) in [6, 6.07) is 3.75. The predicted octanol–water partition coefficient (Wildman–Crippen LogP) is 1.47. The quantitative estimate of drug-likeness (QED) is 0.854. The minimum absolute atomic E-state index is 0.0522. The summed E-state index contributed by atoms with van der Waals surface area (Å²) in [5, 5.41) is 2.99. The van der Waals surface area contributed by atoms with E-state index in [-0.39, 0.29) is 11.8 Å². The van der Waals surface area contributed by atoms with Gasteiger partial charge in [0.15, 0.2) is 0 Å². The third-order valence-corrected chi connectivity index (χ3v) is 4.04. The molecule has 2 unspecified atom stereocenters. The molecule has 1 aromatic heterocycles. The first kappa shape index (κ1) is 14.8. The molecule has 2 rings (SSSR count). The molecule has 0 saturated heterocycles. The Morgan fingerprint density at radius 1 is 1.50 bits per heavy atom. The van der Waals surface area contributed by atoms with Gasteiger partial charge < -0.3 is 15.8 Å². The van der Waals surface area contributed by atoms with E-state index in [4.69, 9.17) is 10.5 Å². The fourth-order valence-corrected chi connectivity index (χ4v) is 2.89. The van der Waals surface area contributed by atoms with Crippen LogP contribution in [0.4, 0.5) is 0 Å². The molecule has 0 aliphatic heterocycles. The van der Waals surface area contributed by atoms with E-state index in [1.54, 1.807) is 13.3 Å². The molecule has 1 aliphatic rings. The molecule has 0 bridgehead atoms. The molecule has 5 heteroatoms. The lowest BCUT2D eigenvalue weighted by atomic mass is 9.79. The monoisotopic (exact) mass is 277 g/mol. The number of ether oxygens (including phenoxy) is 1. The van der Waals surface area contributed by atoms with Gasteiger partial charge in [-0.3, -0.25) is 4.79 Å². The van der Waals surface area contributed by atoms with Crippen molar-refractivity contribution in [2.24, 2.45) is 17.6 Å². The number of amides is 1. The van der Waals surface area contributed by atoms with Crippen LogP contribution in [0.15, 0.2) is 18.3 Å². The summed E-state index contributed by atoms with van der Waals surface area (Å²) in [5.41, 5.74) is 6.67. The van der Waals surface area contributed by atoms with Crippen LogP contribution in [0, 0.1) is 11.8 Å². The van der Waals surface area contributed by atoms with E-state index in [1.165, 1.54) is 6.42 Å². The third kappa shape index (κ3) is 3.48. The maximum atomic E-state index is 12.3. The van der Waals surface area contributed by atoms with E-state index < -0.39 is 0 Å². The van der Waals surface area contributed by atoms with E-state index in [9.17, 15) is 4.79 Å². The maximum absolute atomic E-state index is 12.3. The topological polar surface area (TPSA) is 77.2 Å². The minimum Gasteiger partial charge on any atom is -0.481 e. The third-order valence-electron chi connectivity index (χ3n) is 4.04.